The van der Waals surface area contributed by atoms with Crippen molar-refractivity contribution in [3.63, 3.8) is 0 Å². The molecular formula is C13H17Br2NO3S. The van der Waals surface area contributed by atoms with Gasteiger partial charge in [0.1, 0.15) is 0 Å². The van der Waals surface area contributed by atoms with Crippen molar-refractivity contribution >= 4 is 41.9 Å². The van der Waals surface area contributed by atoms with E-state index in [2.05, 4.69) is 38.8 Å². The molecule has 1 aliphatic rings. The number of hydrogen-bond donors (Lipinski definition) is 0. The smallest absolute Gasteiger partial charge is 0.244 e. The van der Waals surface area contributed by atoms with Gasteiger partial charge in [0.15, 0.2) is 0 Å². The van der Waals surface area contributed by atoms with E-state index in [0.29, 0.717) is 28.4 Å². The second kappa shape index (κ2) is 6.44. The van der Waals surface area contributed by atoms with Crippen LogP contribution >= 0.6 is 31.9 Å². The average Bonchev–Trinajstić information content (AvgIpc) is 2.38. The van der Waals surface area contributed by atoms with E-state index in [0.717, 1.165) is 10.9 Å². The number of methoxy groups -OCH3 is 1. The van der Waals surface area contributed by atoms with E-state index in [1.165, 1.54) is 4.31 Å². The Morgan fingerprint density at radius 1 is 1.35 bits per heavy atom. The van der Waals surface area contributed by atoms with E-state index in [1.807, 2.05) is 0 Å². The summed E-state index contributed by atoms with van der Waals surface area (Å²) >= 11 is 6.66. The second-order valence-corrected chi connectivity index (χ2v) is 8.65. The Morgan fingerprint density at radius 3 is 2.65 bits per heavy atom. The maximum absolute atomic E-state index is 12.7. The highest BCUT2D eigenvalue weighted by atomic mass is 79.9. The summed E-state index contributed by atoms with van der Waals surface area (Å²) in [6.07, 6.45) is 0.763. The third-order valence-electron chi connectivity index (χ3n) is 3.67. The van der Waals surface area contributed by atoms with Crippen LogP contribution in [0.25, 0.3) is 0 Å². The normalized spacial score (nSPS) is 24.8. The van der Waals surface area contributed by atoms with Gasteiger partial charge in [0.25, 0.3) is 0 Å². The molecule has 112 valence electrons. The molecule has 0 aromatic heterocycles. The van der Waals surface area contributed by atoms with Gasteiger partial charge in [-0.1, -0.05) is 22.9 Å². The number of sulfonamides is 1. The fraction of sp³-hybridized carbons (Fsp3) is 0.538. The second-order valence-electron chi connectivity index (χ2n) is 4.98. The molecule has 7 heteroatoms. The van der Waals surface area contributed by atoms with Crippen LogP contribution in [0.3, 0.4) is 0 Å². The molecule has 0 bridgehead atoms. The highest BCUT2D eigenvalue weighted by Gasteiger charge is 2.34. The molecule has 1 saturated heterocycles. The zero-order valence-electron chi connectivity index (χ0n) is 11.3. The predicted octanol–water partition coefficient (Wildman–Crippen LogP) is 3.26. The van der Waals surface area contributed by atoms with Crippen molar-refractivity contribution in [3.8, 4) is 0 Å². The van der Waals surface area contributed by atoms with Gasteiger partial charge in [0.2, 0.25) is 10.0 Å². The number of ether oxygens (including phenoxy) is 1. The van der Waals surface area contributed by atoms with Gasteiger partial charge in [-0.15, -0.1) is 0 Å². The lowest BCUT2D eigenvalue weighted by molar-refractivity contribution is 0.0183. The highest BCUT2D eigenvalue weighted by molar-refractivity contribution is 9.11. The Labute approximate surface area is 136 Å². The zero-order valence-corrected chi connectivity index (χ0v) is 15.3. The standard InChI is InChI=1S/C13H17Br2NO3S/c1-9-5-6-16(8-12(9)19-2)20(17,18)13-4-3-10(14)7-11(13)15/h3-4,7,9,12H,5-6,8H2,1-2H3. The first-order valence-electron chi connectivity index (χ1n) is 6.34. The molecule has 0 saturated carbocycles. The Hall–Kier alpha value is 0.0500. The Bertz CT molecular complexity index is 591. The van der Waals surface area contributed by atoms with Crippen LogP contribution in [0.4, 0.5) is 0 Å². The van der Waals surface area contributed by atoms with Gasteiger partial charge in [0, 0.05) is 29.1 Å². The van der Waals surface area contributed by atoms with Crippen LogP contribution in [0, 0.1) is 5.92 Å². The summed E-state index contributed by atoms with van der Waals surface area (Å²) in [5.41, 5.74) is 0. The number of benzene rings is 1. The molecule has 1 fully saturated rings. The van der Waals surface area contributed by atoms with E-state index >= 15 is 0 Å². The van der Waals surface area contributed by atoms with Gasteiger partial charge in [0.05, 0.1) is 11.0 Å². The molecule has 1 heterocycles. The van der Waals surface area contributed by atoms with Crippen molar-refractivity contribution in [2.24, 2.45) is 5.92 Å². The van der Waals surface area contributed by atoms with Gasteiger partial charge in [-0.05, 0) is 46.5 Å². The minimum absolute atomic E-state index is 0.0484. The van der Waals surface area contributed by atoms with E-state index in [-0.39, 0.29) is 6.10 Å². The topological polar surface area (TPSA) is 46.6 Å². The van der Waals surface area contributed by atoms with E-state index < -0.39 is 10.0 Å². The van der Waals surface area contributed by atoms with E-state index in [1.54, 1.807) is 25.3 Å². The number of halogens is 2. The summed E-state index contributed by atoms with van der Waals surface area (Å²) in [6.45, 7) is 3.03. The van der Waals surface area contributed by atoms with Gasteiger partial charge < -0.3 is 4.74 Å². The van der Waals surface area contributed by atoms with Crippen molar-refractivity contribution in [3.05, 3.63) is 27.1 Å². The zero-order chi connectivity index (χ0) is 14.9. The van der Waals surface area contributed by atoms with Crippen molar-refractivity contribution in [2.75, 3.05) is 20.2 Å². The third kappa shape index (κ3) is 3.27. The maximum Gasteiger partial charge on any atom is 0.244 e. The molecule has 0 N–H and O–H groups in total. The van der Waals surface area contributed by atoms with Crippen LogP contribution in [0.2, 0.25) is 0 Å². The average molecular weight is 427 g/mol. The molecule has 0 aliphatic carbocycles. The molecule has 2 unspecified atom stereocenters. The monoisotopic (exact) mass is 425 g/mol. The maximum atomic E-state index is 12.7. The highest BCUT2D eigenvalue weighted by Crippen LogP contribution is 2.30. The Kier molecular flexibility index (Phi) is 5.29. The largest absolute Gasteiger partial charge is 0.380 e. The lowest BCUT2D eigenvalue weighted by Crippen LogP contribution is -2.46. The number of piperidine rings is 1. The van der Waals surface area contributed by atoms with Crippen LogP contribution < -0.4 is 0 Å². The molecular weight excluding hydrogens is 410 g/mol. The van der Waals surface area contributed by atoms with Crippen LogP contribution in [0.1, 0.15) is 13.3 Å². The number of rotatable bonds is 3. The predicted molar refractivity (Wildman–Crippen MR) is 85.2 cm³/mol. The Morgan fingerprint density at radius 2 is 2.05 bits per heavy atom. The van der Waals surface area contributed by atoms with Gasteiger partial charge in [-0.3, -0.25) is 0 Å². The molecule has 20 heavy (non-hydrogen) atoms. The first-order valence-corrected chi connectivity index (χ1v) is 9.37. The first-order chi connectivity index (χ1) is 9.36. The molecule has 2 rings (SSSR count). The summed E-state index contributed by atoms with van der Waals surface area (Å²) in [6, 6.07) is 5.09. The third-order valence-corrected chi connectivity index (χ3v) is 7.00. The summed E-state index contributed by atoms with van der Waals surface area (Å²) in [4.78, 5) is 0.296. The summed E-state index contributed by atoms with van der Waals surface area (Å²) in [5.74, 6) is 0.375. The fourth-order valence-electron chi connectivity index (χ4n) is 2.35. The summed E-state index contributed by atoms with van der Waals surface area (Å²) in [5, 5.41) is 0. The summed E-state index contributed by atoms with van der Waals surface area (Å²) < 4.78 is 33.7. The van der Waals surface area contributed by atoms with Crippen molar-refractivity contribution in [2.45, 2.75) is 24.3 Å². The number of hydrogen-bond acceptors (Lipinski definition) is 3. The van der Waals surface area contributed by atoms with Crippen LogP contribution in [0.5, 0.6) is 0 Å². The SMILES string of the molecule is COC1CN(S(=O)(=O)c2ccc(Br)cc2Br)CCC1C. The van der Waals surface area contributed by atoms with E-state index in [4.69, 9.17) is 4.74 Å². The van der Waals surface area contributed by atoms with Crippen LogP contribution in [-0.4, -0.2) is 39.0 Å². The molecule has 1 aliphatic heterocycles. The molecule has 2 atom stereocenters. The van der Waals surface area contributed by atoms with Gasteiger partial charge in [-0.25, -0.2) is 8.42 Å². The quantitative estimate of drug-likeness (QED) is 0.745. The van der Waals surface area contributed by atoms with E-state index in [9.17, 15) is 8.42 Å². The molecule has 0 spiro atoms. The lowest BCUT2D eigenvalue weighted by Gasteiger charge is -2.35. The van der Waals surface area contributed by atoms with Crippen molar-refractivity contribution in [1.82, 2.24) is 4.31 Å². The van der Waals surface area contributed by atoms with Gasteiger partial charge >= 0.3 is 0 Å². The first kappa shape index (κ1) is 16.4. The minimum Gasteiger partial charge on any atom is -0.380 e. The molecule has 0 radical (unpaired) electrons. The molecule has 0 amide bonds. The Balaban J connectivity index is 2.31. The fourth-order valence-corrected chi connectivity index (χ4v) is 5.53. The van der Waals surface area contributed by atoms with Crippen LogP contribution in [0.15, 0.2) is 32.0 Å². The number of nitrogens with zero attached hydrogens (tertiary/aromatic N) is 1. The lowest BCUT2D eigenvalue weighted by atomic mass is 9.97. The molecule has 1 aromatic carbocycles. The van der Waals surface area contributed by atoms with Crippen LogP contribution in [-0.2, 0) is 14.8 Å². The summed E-state index contributed by atoms with van der Waals surface area (Å²) in [7, 11) is -1.86. The van der Waals surface area contributed by atoms with Gasteiger partial charge in [-0.2, -0.15) is 4.31 Å². The molecule has 4 nitrogen and oxygen atoms in total. The minimum atomic E-state index is -3.49. The van der Waals surface area contributed by atoms with Crippen molar-refractivity contribution in [1.29, 1.82) is 0 Å². The van der Waals surface area contributed by atoms with Crippen molar-refractivity contribution < 1.29 is 13.2 Å². The molecule has 1 aromatic rings.